The summed E-state index contributed by atoms with van der Waals surface area (Å²) in [6.45, 7) is 0.489. The second kappa shape index (κ2) is 12.1. The number of alkyl halides is 4. The molecule has 13 heteroatoms. The molecule has 210 valence electrons. The van der Waals surface area contributed by atoms with Gasteiger partial charge in [-0.3, -0.25) is 9.48 Å². The van der Waals surface area contributed by atoms with Gasteiger partial charge in [-0.2, -0.15) is 5.10 Å². The van der Waals surface area contributed by atoms with Gasteiger partial charge < -0.3 is 14.5 Å². The normalized spacial score (nSPS) is 17.7. The smallest absolute Gasteiger partial charge is 0.282 e. The Hall–Kier alpha value is -3.92. The second-order valence-electron chi connectivity index (χ2n) is 9.38. The number of piperidine rings is 1. The number of halogens is 4. The van der Waals surface area contributed by atoms with Crippen LogP contribution in [0.4, 0.5) is 17.6 Å². The van der Waals surface area contributed by atoms with Gasteiger partial charge in [0.05, 0.1) is 10.7 Å². The first-order chi connectivity index (χ1) is 19.3. The van der Waals surface area contributed by atoms with E-state index in [-0.39, 0.29) is 18.6 Å². The van der Waals surface area contributed by atoms with E-state index in [2.05, 4.69) is 16.2 Å². The summed E-state index contributed by atoms with van der Waals surface area (Å²) in [4.78, 5) is 24.7. The van der Waals surface area contributed by atoms with Crippen molar-refractivity contribution in [3.05, 3.63) is 63.4 Å². The quantitative estimate of drug-likeness (QED) is 0.249. The second-order valence-corrected chi connectivity index (χ2v) is 10.3. The molecule has 3 aromatic rings. The van der Waals surface area contributed by atoms with Gasteiger partial charge in [0, 0.05) is 30.8 Å². The molecular weight excluding hydrogens is 550 g/mol. The van der Waals surface area contributed by atoms with Crippen molar-refractivity contribution in [3.63, 3.8) is 0 Å². The molecule has 5 rings (SSSR count). The van der Waals surface area contributed by atoms with Crippen LogP contribution in [0.25, 0.3) is 0 Å². The number of ether oxygens (including phenoxy) is 1. The Balaban J connectivity index is 1.14. The average Bonchev–Trinajstić information content (AvgIpc) is 3.72. The van der Waals surface area contributed by atoms with E-state index in [0.29, 0.717) is 48.8 Å². The lowest BCUT2D eigenvalue weighted by Crippen LogP contribution is -2.40. The van der Waals surface area contributed by atoms with Gasteiger partial charge >= 0.3 is 0 Å². The largest absolute Gasteiger partial charge is 0.481 e. The summed E-state index contributed by atoms with van der Waals surface area (Å²) >= 11 is 1.52. The molecule has 0 saturated carbocycles. The van der Waals surface area contributed by atoms with Crippen molar-refractivity contribution in [3.8, 4) is 18.1 Å². The van der Waals surface area contributed by atoms with Gasteiger partial charge in [-0.1, -0.05) is 23.2 Å². The van der Waals surface area contributed by atoms with Crippen molar-refractivity contribution in [1.29, 1.82) is 0 Å². The number of thiazole rings is 1. The number of hydrogen-bond acceptors (Lipinski definition) is 7. The van der Waals surface area contributed by atoms with Gasteiger partial charge in [0.25, 0.3) is 12.9 Å². The molecule has 4 heterocycles. The predicted octanol–water partition coefficient (Wildman–Crippen LogP) is 5.50. The van der Waals surface area contributed by atoms with Crippen molar-refractivity contribution in [1.82, 2.24) is 19.7 Å². The van der Waals surface area contributed by atoms with Crippen LogP contribution in [0.3, 0.4) is 0 Å². The molecule has 1 atom stereocenters. The topological polar surface area (TPSA) is 81.8 Å². The molecule has 1 saturated heterocycles. The van der Waals surface area contributed by atoms with Crippen LogP contribution in [0.5, 0.6) is 5.75 Å². The number of rotatable bonds is 9. The van der Waals surface area contributed by atoms with Gasteiger partial charge in [-0.05, 0) is 36.6 Å². The number of amides is 1. The fourth-order valence-electron chi connectivity index (χ4n) is 4.68. The molecule has 0 aliphatic carbocycles. The van der Waals surface area contributed by atoms with Crippen molar-refractivity contribution in [2.24, 2.45) is 5.16 Å². The number of benzene rings is 1. The third kappa shape index (κ3) is 6.12. The minimum Gasteiger partial charge on any atom is -0.481 e. The minimum atomic E-state index is -3.01. The van der Waals surface area contributed by atoms with Crippen LogP contribution in [0.2, 0.25) is 0 Å². The first kappa shape index (κ1) is 27.6. The molecule has 2 aliphatic heterocycles. The van der Waals surface area contributed by atoms with E-state index < -0.39 is 36.7 Å². The lowest BCUT2D eigenvalue weighted by molar-refractivity contribution is -0.133. The van der Waals surface area contributed by atoms with Crippen LogP contribution in [-0.4, -0.2) is 51.0 Å². The number of carbonyl (C=O) groups excluding carboxylic acids is 1. The standard InChI is InChI=1S/C27H25F4N5O3S/c1-2-11-38-18-5-3-16(4-6-18)23-13-19(34-39-23)21-15-40-27(32-21)17-7-9-35(10-8-17)24(37)14-36-22(26(30)31)12-20(33-36)25(28)29/h1,3-6,12,15,17,23,25-26H,7-11,13-14H2. The monoisotopic (exact) mass is 575 g/mol. The lowest BCUT2D eigenvalue weighted by atomic mass is 9.97. The van der Waals surface area contributed by atoms with Gasteiger partial charge in [0.1, 0.15) is 36.0 Å². The molecule has 8 nitrogen and oxygen atoms in total. The van der Waals surface area contributed by atoms with E-state index in [1.165, 1.54) is 11.3 Å². The third-order valence-corrected chi connectivity index (χ3v) is 7.83. The molecule has 1 aromatic carbocycles. The van der Waals surface area contributed by atoms with Crippen molar-refractivity contribution < 1.29 is 31.9 Å². The maximum Gasteiger partial charge on any atom is 0.282 e. The molecule has 1 amide bonds. The lowest BCUT2D eigenvalue weighted by Gasteiger charge is -2.31. The maximum atomic E-state index is 13.2. The highest BCUT2D eigenvalue weighted by Gasteiger charge is 2.30. The van der Waals surface area contributed by atoms with E-state index in [1.54, 1.807) is 4.90 Å². The number of hydrogen-bond donors (Lipinski definition) is 0. The van der Waals surface area contributed by atoms with Crippen LogP contribution in [0.1, 0.15) is 71.8 Å². The van der Waals surface area contributed by atoms with E-state index in [9.17, 15) is 22.4 Å². The van der Waals surface area contributed by atoms with Crippen molar-refractivity contribution >= 4 is 23.0 Å². The molecule has 2 aromatic heterocycles. The summed E-state index contributed by atoms with van der Waals surface area (Å²) in [6.07, 6.45) is 0.835. The summed E-state index contributed by atoms with van der Waals surface area (Å²) < 4.78 is 58.4. The third-order valence-electron chi connectivity index (χ3n) is 6.82. The van der Waals surface area contributed by atoms with Crippen LogP contribution in [0.15, 0.2) is 40.9 Å². The zero-order chi connectivity index (χ0) is 28.2. The highest BCUT2D eigenvalue weighted by Crippen LogP contribution is 2.34. The SMILES string of the molecule is C#CCOc1ccc(C2CC(c3csc(C4CCN(C(=O)Cn5nc(C(F)F)cc5C(F)F)CC4)n3)=NO2)cc1. The van der Waals surface area contributed by atoms with Crippen molar-refractivity contribution in [2.75, 3.05) is 19.7 Å². The zero-order valence-electron chi connectivity index (χ0n) is 21.2. The molecule has 1 fully saturated rings. The Morgan fingerprint density at radius 2 is 1.93 bits per heavy atom. The molecule has 40 heavy (non-hydrogen) atoms. The number of aromatic nitrogens is 3. The first-order valence-corrected chi connectivity index (χ1v) is 13.5. The molecule has 0 radical (unpaired) electrons. The number of oxime groups is 1. The minimum absolute atomic E-state index is 0.129. The van der Waals surface area contributed by atoms with Crippen LogP contribution >= 0.6 is 11.3 Å². The Labute approximate surface area is 231 Å². The predicted molar refractivity (Wildman–Crippen MR) is 139 cm³/mol. The Kier molecular flexibility index (Phi) is 8.35. The van der Waals surface area contributed by atoms with Crippen LogP contribution < -0.4 is 4.74 Å². The van der Waals surface area contributed by atoms with E-state index in [4.69, 9.17) is 21.0 Å². The van der Waals surface area contributed by atoms with Gasteiger partial charge in [-0.15, -0.1) is 17.8 Å². The van der Waals surface area contributed by atoms with Gasteiger partial charge in [-0.25, -0.2) is 22.5 Å². The van der Waals surface area contributed by atoms with Crippen molar-refractivity contribution in [2.45, 2.75) is 50.7 Å². The fraction of sp³-hybridized carbons (Fsp3) is 0.407. The first-order valence-electron chi connectivity index (χ1n) is 12.6. The zero-order valence-corrected chi connectivity index (χ0v) is 22.0. The van der Waals surface area contributed by atoms with E-state index >= 15 is 0 Å². The molecule has 0 N–H and O–H groups in total. The molecular formula is C27H25F4N5O3S. The van der Waals surface area contributed by atoms with Gasteiger partial charge in [0.2, 0.25) is 5.91 Å². The summed E-state index contributed by atoms with van der Waals surface area (Å²) in [6, 6.07) is 8.13. The summed E-state index contributed by atoms with van der Waals surface area (Å²) in [5, 5.41) is 10.6. The molecule has 0 spiro atoms. The van der Waals surface area contributed by atoms with Crippen LogP contribution in [0, 0.1) is 12.3 Å². The Morgan fingerprint density at radius 3 is 2.60 bits per heavy atom. The number of likely N-dealkylation sites (tertiary alicyclic amines) is 1. The molecule has 0 bridgehead atoms. The average molecular weight is 576 g/mol. The highest BCUT2D eigenvalue weighted by atomic mass is 32.1. The van der Waals surface area contributed by atoms with Crippen LogP contribution in [-0.2, 0) is 16.2 Å². The van der Waals surface area contributed by atoms with Gasteiger partial charge in [0.15, 0.2) is 6.10 Å². The van der Waals surface area contributed by atoms with E-state index in [1.807, 2.05) is 29.6 Å². The fourth-order valence-corrected chi connectivity index (χ4v) is 5.68. The summed E-state index contributed by atoms with van der Waals surface area (Å²) in [7, 11) is 0. The summed E-state index contributed by atoms with van der Waals surface area (Å²) in [5.74, 6) is 2.79. The maximum absolute atomic E-state index is 13.2. The highest BCUT2D eigenvalue weighted by molar-refractivity contribution is 7.10. The summed E-state index contributed by atoms with van der Waals surface area (Å²) in [5.41, 5.74) is 1.00. The number of terminal acetylenes is 1. The van der Waals surface area contributed by atoms with E-state index in [0.717, 1.165) is 22.0 Å². The Bertz CT molecular complexity index is 1410. The molecule has 2 aliphatic rings. The number of nitrogens with zero attached hydrogens (tertiary/aromatic N) is 5. The molecule has 1 unspecified atom stereocenters. The number of carbonyl (C=O) groups is 1. The Morgan fingerprint density at radius 1 is 1.18 bits per heavy atom.